The van der Waals surface area contributed by atoms with Gasteiger partial charge in [-0.25, -0.2) is 12.4 Å². The summed E-state index contributed by atoms with van der Waals surface area (Å²) in [6, 6.07) is 8.63. The molecule has 154 valence electrons. The summed E-state index contributed by atoms with van der Waals surface area (Å²) >= 11 is 0. The minimum atomic E-state index is -3.90. The van der Waals surface area contributed by atoms with E-state index in [0.29, 0.717) is 23.5 Å². The molecule has 0 amide bonds. The Labute approximate surface area is 171 Å². The summed E-state index contributed by atoms with van der Waals surface area (Å²) in [5.41, 5.74) is 2.28. The number of benzene rings is 1. The first kappa shape index (κ1) is 19.9. The van der Waals surface area contributed by atoms with Crippen molar-refractivity contribution in [2.75, 3.05) is 13.1 Å². The molecule has 1 saturated heterocycles. The number of nitrogens with one attached hydrogen (secondary N) is 1. The molecule has 0 unspecified atom stereocenters. The predicted molar refractivity (Wildman–Crippen MR) is 115 cm³/mol. The van der Waals surface area contributed by atoms with Crippen LogP contribution in [0.1, 0.15) is 36.6 Å². The Morgan fingerprint density at radius 1 is 1.17 bits per heavy atom. The average molecular weight is 414 g/mol. The van der Waals surface area contributed by atoms with E-state index in [1.807, 2.05) is 19.9 Å². The minimum Gasteiger partial charge on any atom is -0.327 e. The molecule has 0 spiro atoms. The number of likely N-dealkylation sites (tertiary alicyclic amines) is 1. The smallest absolute Gasteiger partial charge is 0.273 e. The van der Waals surface area contributed by atoms with Crippen LogP contribution in [0, 0.1) is 19.8 Å². The van der Waals surface area contributed by atoms with Crippen molar-refractivity contribution in [2.45, 2.75) is 45.1 Å². The van der Waals surface area contributed by atoms with Crippen molar-refractivity contribution in [1.82, 2.24) is 13.9 Å². The first-order chi connectivity index (χ1) is 13.8. The number of piperidine rings is 1. The summed E-state index contributed by atoms with van der Waals surface area (Å²) in [5, 5.41) is 0.685. The van der Waals surface area contributed by atoms with Crippen LogP contribution in [0.3, 0.4) is 0 Å². The highest BCUT2D eigenvalue weighted by Gasteiger charge is 2.27. The number of hydrogen-bond acceptors (Lipinski definition) is 4. The lowest BCUT2D eigenvalue weighted by Crippen LogP contribution is -2.35. The quantitative estimate of drug-likeness (QED) is 0.711. The molecular weight excluding hydrogens is 386 g/mol. The van der Waals surface area contributed by atoms with Crippen LogP contribution < -0.4 is 5.56 Å². The Hall–Kier alpha value is -2.38. The van der Waals surface area contributed by atoms with Gasteiger partial charge in [0.25, 0.3) is 15.6 Å². The Morgan fingerprint density at radius 3 is 2.59 bits per heavy atom. The SMILES string of the molecule is Cc1ccc(S(=O)(=O)n2c(CN3CCC[C@H](C)C3)cc3c(C)c[nH]c(=O)c32)cc1. The van der Waals surface area contributed by atoms with Gasteiger partial charge in [-0.3, -0.25) is 9.69 Å². The standard InChI is InChI=1S/C22H27N3O3S/c1-15-6-8-19(9-7-15)29(27,28)25-18(14-24-10-4-5-16(2)13-24)11-20-17(3)12-23-22(26)21(20)25/h6-9,11-12,16H,4-5,10,13-14H2,1-3H3,(H,23,26)/t16-/m0/s1. The summed E-state index contributed by atoms with van der Waals surface area (Å²) in [6.07, 6.45) is 3.94. The molecule has 0 bridgehead atoms. The van der Waals surface area contributed by atoms with Gasteiger partial charge < -0.3 is 4.98 Å². The molecule has 6 nitrogen and oxygen atoms in total. The maximum atomic E-state index is 13.6. The van der Waals surface area contributed by atoms with Crippen molar-refractivity contribution in [3.8, 4) is 0 Å². The van der Waals surface area contributed by atoms with Gasteiger partial charge in [0.15, 0.2) is 0 Å². The number of aryl methyl sites for hydroxylation is 2. The first-order valence-corrected chi connectivity index (χ1v) is 11.5. The fourth-order valence-electron chi connectivity index (χ4n) is 4.24. The number of aromatic amines is 1. The van der Waals surface area contributed by atoms with E-state index in [0.717, 1.165) is 30.6 Å². The van der Waals surface area contributed by atoms with Crippen LogP contribution in [0.2, 0.25) is 0 Å². The van der Waals surface area contributed by atoms with Crippen LogP contribution in [-0.2, 0) is 16.6 Å². The Kier molecular flexibility index (Phi) is 5.12. The van der Waals surface area contributed by atoms with E-state index >= 15 is 0 Å². The van der Waals surface area contributed by atoms with Crippen molar-refractivity contribution >= 4 is 20.9 Å². The highest BCUT2D eigenvalue weighted by molar-refractivity contribution is 7.90. The van der Waals surface area contributed by atoms with Crippen LogP contribution in [-0.4, -0.2) is 35.4 Å². The molecule has 7 heteroatoms. The normalized spacial score (nSPS) is 18.4. The van der Waals surface area contributed by atoms with Gasteiger partial charge in [-0.05, 0) is 62.9 Å². The second-order valence-corrected chi connectivity index (χ2v) is 10.1. The molecule has 3 aromatic rings. The van der Waals surface area contributed by atoms with Gasteiger partial charge in [-0.2, -0.15) is 0 Å². The highest BCUT2D eigenvalue weighted by Crippen LogP contribution is 2.28. The van der Waals surface area contributed by atoms with Gasteiger partial charge in [0.1, 0.15) is 5.52 Å². The molecular formula is C22H27N3O3S. The zero-order chi connectivity index (χ0) is 20.8. The lowest BCUT2D eigenvalue weighted by Gasteiger charge is -2.30. The van der Waals surface area contributed by atoms with E-state index in [-0.39, 0.29) is 16.0 Å². The Balaban J connectivity index is 1.92. The van der Waals surface area contributed by atoms with Crippen molar-refractivity contribution < 1.29 is 8.42 Å². The summed E-state index contributed by atoms with van der Waals surface area (Å²) in [5.74, 6) is 0.584. The van der Waals surface area contributed by atoms with Gasteiger partial charge in [0.05, 0.1) is 4.90 Å². The van der Waals surface area contributed by atoms with Crippen molar-refractivity contribution in [2.24, 2.45) is 5.92 Å². The first-order valence-electron chi connectivity index (χ1n) is 10.0. The molecule has 0 aliphatic carbocycles. The second-order valence-electron chi connectivity index (χ2n) is 8.26. The van der Waals surface area contributed by atoms with Gasteiger partial charge in [0.2, 0.25) is 0 Å². The molecule has 0 saturated carbocycles. The van der Waals surface area contributed by atoms with E-state index in [2.05, 4.69) is 16.8 Å². The zero-order valence-electron chi connectivity index (χ0n) is 17.1. The third kappa shape index (κ3) is 3.65. The number of aromatic nitrogens is 2. The van der Waals surface area contributed by atoms with Crippen molar-refractivity contribution in [3.05, 3.63) is 63.7 Å². The van der Waals surface area contributed by atoms with Crippen LogP contribution in [0.4, 0.5) is 0 Å². The predicted octanol–water partition coefficient (Wildman–Crippen LogP) is 3.42. The van der Waals surface area contributed by atoms with Gasteiger partial charge in [0, 0.05) is 30.4 Å². The van der Waals surface area contributed by atoms with E-state index < -0.39 is 10.0 Å². The number of nitrogens with zero attached hydrogens (tertiary/aromatic N) is 2. The summed E-state index contributed by atoms with van der Waals surface area (Å²) < 4.78 is 28.5. The summed E-state index contributed by atoms with van der Waals surface area (Å²) in [7, 11) is -3.90. The molecule has 0 radical (unpaired) electrons. The van der Waals surface area contributed by atoms with E-state index in [4.69, 9.17) is 0 Å². The molecule has 2 aromatic heterocycles. The van der Waals surface area contributed by atoms with E-state index in [1.165, 1.54) is 10.4 Å². The molecule has 1 aromatic carbocycles. The second kappa shape index (κ2) is 7.46. The zero-order valence-corrected chi connectivity index (χ0v) is 17.9. The van der Waals surface area contributed by atoms with Crippen LogP contribution in [0.15, 0.2) is 46.2 Å². The molecule has 1 aliphatic heterocycles. The molecule has 1 atom stereocenters. The minimum absolute atomic E-state index is 0.190. The molecule has 4 rings (SSSR count). The largest absolute Gasteiger partial charge is 0.327 e. The number of hydrogen-bond donors (Lipinski definition) is 1. The maximum absolute atomic E-state index is 13.6. The molecule has 3 heterocycles. The number of rotatable bonds is 4. The topological polar surface area (TPSA) is 75.2 Å². The molecule has 1 aliphatic rings. The lowest BCUT2D eigenvalue weighted by molar-refractivity contribution is 0.174. The highest BCUT2D eigenvalue weighted by atomic mass is 32.2. The molecule has 1 fully saturated rings. The Morgan fingerprint density at radius 2 is 1.90 bits per heavy atom. The average Bonchev–Trinajstić information content (AvgIpc) is 3.06. The number of pyridine rings is 1. The fraction of sp³-hybridized carbons (Fsp3) is 0.409. The molecule has 29 heavy (non-hydrogen) atoms. The lowest BCUT2D eigenvalue weighted by atomic mass is 10.0. The number of H-pyrrole nitrogens is 1. The van der Waals surface area contributed by atoms with Crippen molar-refractivity contribution in [1.29, 1.82) is 0 Å². The third-order valence-corrected chi connectivity index (χ3v) is 7.54. The van der Waals surface area contributed by atoms with Gasteiger partial charge >= 0.3 is 0 Å². The number of fused-ring (bicyclic) bond motifs is 1. The maximum Gasteiger partial charge on any atom is 0.273 e. The van der Waals surface area contributed by atoms with E-state index in [9.17, 15) is 13.2 Å². The Bertz CT molecular complexity index is 1210. The van der Waals surface area contributed by atoms with Crippen LogP contribution in [0.5, 0.6) is 0 Å². The molecule has 1 N–H and O–H groups in total. The van der Waals surface area contributed by atoms with Gasteiger partial charge in [-0.1, -0.05) is 24.6 Å². The fourth-order valence-corrected chi connectivity index (χ4v) is 5.77. The van der Waals surface area contributed by atoms with Crippen molar-refractivity contribution in [3.63, 3.8) is 0 Å². The van der Waals surface area contributed by atoms with Gasteiger partial charge in [-0.15, -0.1) is 0 Å². The third-order valence-electron chi connectivity index (χ3n) is 5.78. The summed E-state index contributed by atoms with van der Waals surface area (Å²) in [4.78, 5) is 17.8. The summed E-state index contributed by atoms with van der Waals surface area (Å²) in [6.45, 7) is 8.39. The van der Waals surface area contributed by atoms with Crippen LogP contribution in [0.25, 0.3) is 10.9 Å². The monoisotopic (exact) mass is 413 g/mol. The van der Waals surface area contributed by atoms with Crippen LogP contribution >= 0.6 is 0 Å². The van der Waals surface area contributed by atoms with E-state index in [1.54, 1.807) is 30.5 Å².